The van der Waals surface area contributed by atoms with E-state index in [1.54, 1.807) is 0 Å². The minimum absolute atomic E-state index is 0.0729. The predicted octanol–water partition coefficient (Wildman–Crippen LogP) is 0.736. The van der Waals surface area contributed by atoms with Crippen LogP contribution in [0.3, 0.4) is 0 Å². The zero-order valence-electron chi connectivity index (χ0n) is 9.09. The summed E-state index contributed by atoms with van der Waals surface area (Å²) in [5.74, 6) is -2.27. The average molecular weight is 240 g/mol. The van der Waals surface area contributed by atoms with Crippen LogP contribution in [0.4, 0.5) is 14.5 Å². The number of imide groups is 1. The molecule has 90 valence electrons. The van der Waals surface area contributed by atoms with Crippen molar-refractivity contribution in [3.8, 4) is 0 Å². The lowest BCUT2D eigenvalue weighted by Gasteiger charge is -2.27. The number of benzene rings is 1. The standard InChI is InChI=1S/C11H10F2N2O2/c1-6-2-8(13)9(3-7(6)12)15-4-10(16)14-11(17)5-15/h2-3H,4-5H2,1H3,(H,14,16,17). The number of carbonyl (C=O) groups is 2. The number of piperazine rings is 1. The molecule has 0 radical (unpaired) electrons. The maximum Gasteiger partial charge on any atom is 0.246 e. The van der Waals surface area contributed by atoms with Crippen LogP contribution in [0.15, 0.2) is 12.1 Å². The highest BCUT2D eigenvalue weighted by molar-refractivity contribution is 6.02. The maximum absolute atomic E-state index is 13.6. The summed E-state index contributed by atoms with van der Waals surface area (Å²) in [5, 5.41) is 2.09. The van der Waals surface area contributed by atoms with Crippen LogP contribution in [-0.4, -0.2) is 24.9 Å². The molecule has 1 N–H and O–H groups in total. The Morgan fingerprint density at radius 1 is 1.12 bits per heavy atom. The first-order chi connectivity index (χ1) is 7.97. The second-order valence-electron chi connectivity index (χ2n) is 3.88. The molecule has 1 saturated heterocycles. The van der Waals surface area contributed by atoms with E-state index in [9.17, 15) is 18.4 Å². The zero-order valence-corrected chi connectivity index (χ0v) is 9.09. The zero-order chi connectivity index (χ0) is 12.6. The largest absolute Gasteiger partial charge is 0.350 e. The SMILES string of the molecule is Cc1cc(F)c(N2CC(=O)NC(=O)C2)cc1F. The average Bonchev–Trinajstić information content (AvgIpc) is 2.22. The Hall–Kier alpha value is -1.98. The Labute approximate surface area is 96.2 Å². The summed E-state index contributed by atoms with van der Waals surface area (Å²) in [6.07, 6.45) is 0. The van der Waals surface area contributed by atoms with Gasteiger partial charge in [0.1, 0.15) is 11.6 Å². The smallest absolute Gasteiger partial charge is 0.246 e. The molecule has 0 bridgehead atoms. The fourth-order valence-corrected chi connectivity index (χ4v) is 1.69. The van der Waals surface area contributed by atoms with Crippen molar-refractivity contribution >= 4 is 17.5 Å². The number of aryl methyl sites for hydroxylation is 1. The summed E-state index contributed by atoms with van der Waals surface area (Å²) >= 11 is 0. The molecular formula is C11H10F2N2O2. The molecule has 6 heteroatoms. The van der Waals surface area contributed by atoms with Crippen molar-refractivity contribution in [2.75, 3.05) is 18.0 Å². The number of rotatable bonds is 1. The van der Waals surface area contributed by atoms with Crippen LogP contribution < -0.4 is 10.2 Å². The number of hydrogen-bond acceptors (Lipinski definition) is 3. The third-order valence-electron chi connectivity index (χ3n) is 2.52. The van der Waals surface area contributed by atoms with E-state index in [2.05, 4.69) is 5.32 Å². The molecule has 0 aliphatic carbocycles. The molecule has 1 aromatic rings. The van der Waals surface area contributed by atoms with Crippen molar-refractivity contribution in [3.63, 3.8) is 0 Å². The van der Waals surface area contributed by atoms with E-state index in [0.717, 1.165) is 12.1 Å². The van der Waals surface area contributed by atoms with Crippen LogP contribution in [-0.2, 0) is 9.59 Å². The Morgan fingerprint density at radius 3 is 2.29 bits per heavy atom. The normalized spacial score (nSPS) is 16.1. The van der Waals surface area contributed by atoms with E-state index < -0.39 is 23.4 Å². The lowest BCUT2D eigenvalue weighted by atomic mass is 10.1. The summed E-state index contributed by atoms with van der Waals surface area (Å²) in [7, 11) is 0. The molecule has 1 aliphatic heterocycles. The molecule has 1 heterocycles. The van der Waals surface area contributed by atoms with E-state index in [4.69, 9.17) is 0 Å². The van der Waals surface area contributed by atoms with Crippen LogP contribution in [0.25, 0.3) is 0 Å². The molecule has 0 atom stereocenters. The second kappa shape index (κ2) is 4.12. The number of anilines is 1. The third kappa shape index (κ3) is 2.25. The lowest BCUT2D eigenvalue weighted by molar-refractivity contribution is -0.130. The Kier molecular flexibility index (Phi) is 2.79. The first-order valence-corrected chi connectivity index (χ1v) is 5.00. The van der Waals surface area contributed by atoms with Crippen LogP contribution in [0.1, 0.15) is 5.56 Å². The molecule has 1 aliphatic rings. The van der Waals surface area contributed by atoms with Gasteiger partial charge in [0.15, 0.2) is 0 Å². The van der Waals surface area contributed by atoms with Crippen LogP contribution >= 0.6 is 0 Å². The fourth-order valence-electron chi connectivity index (χ4n) is 1.69. The van der Waals surface area contributed by atoms with Gasteiger partial charge in [0.2, 0.25) is 11.8 Å². The van der Waals surface area contributed by atoms with Crippen molar-refractivity contribution in [1.82, 2.24) is 5.32 Å². The molecule has 2 rings (SSSR count). The van der Waals surface area contributed by atoms with Gasteiger partial charge in [-0.1, -0.05) is 0 Å². The molecular weight excluding hydrogens is 230 g/mol. The van der Waals surface area contributed by atoms with Crippen molar-refractivity contribution in [1.29, 1.82) is 0 Å². The summed E-state index contributed by atoms with van der Waals surface area (Å²) in [5.41, 5.74) is 0.107. The van der Waals surface area contributed by atoms with Gasteiger partial charge in [0.05, 0.1) is 18.8 Å². The summed E-state index contributed by atoms with van der Waals surface area (Å²) < 4.78 is 26.9. The molecule has 2 amide bonds. The van der Waals surface area contributed by atoms with Gasteiger partial charge < -0.3 is 4.90 Å². The fraction of sp³-hybridized carbons (Fsp3) is 0.273. The molecule has 17 heavy (non-hydrogen) atoms. The van der Waals surface area contributed by atoms with E-state index in [-0.39, 0.29) is 24.3 Å². The first-order valence-electron chi connectivity index (χ1n) is 5.00. The summed E-state index contributed by atoms with van der Waals surface area (Å²) in [6, 6.07) is 2.04. The van der Waals surface area contributed by atoms with E-state index in [1.807, 2.05) is 0 Å². The Balaban J connectivity index is 2.36. The first kappa shape index (κ1) is 11.5. The van der Waals surface area contributed by atoms with Crippen LogP contribution in [0.5, 0.6) is 0 Å². The topological polar surface area (TPSA) is 49.4 Å². The molecule has 0 saturated carbocycles. The van der Waals surface area contributed by atoms with E-state index in [0.29, 0.717) is 0 Å². The van der Waals surface area contributed by atoms with Gasteiger partial charge in [0, 0.05) is 6.07 Å². The Bertz CT molecular complexity index is 486. The van der Waals surface area contributed by atoms with Crippen molar-refractivity contribution in [2.24, 2.45) is 0 Å². The number of amides is 2. The molecule has 1 fully saturated rings. The maximum atomic E-state index is 13.6. The van der Waals surface area contributed by atoms with E-state index in [1.165, 1.54) is 11.8 Å². The highest BCUT2D eigenvalue weighted by atomic mass is 19.1. The molecule has 1 aromatic carbocycles. The second-order valence-corrected chi connectivity index (χ2v) is 3.88. The quantitative estimate of drug-likeness (QED) is 0.736. The Morgan fingerprint density at radius 2 is 1.71 bits per heavy atom. The number of halogens is 2. The monoisotopic (exact) mass is 240 g/mol. The van der Waals surface area contributed by atoms with Gasteiger partial charge in [-0.3, -0.25) is 14.9 Å². The number of nitrogens with zero attached hydrogens (tertiary/aromatic N) is 1. The molecule has 0 spiro atoms. The summed E-state index contributed by atoms with van der Waals surface area (Å²) in [4.78, 5) is 23.5. The molecule has 0 aromatic heterocycles. The minimum Gasteiger partial charge on any atom is -0.350 e. The highest BCUT2D eigenvalue weighted by Crippen LogP contribution is 2.23. The lowest BCUT2D eigenvalue weighted by Crippen LogP contribution is -2.51. The van der Waals surface area contributed by atoms with Crippen molar-refractivity contribution < 1.29 is 18.4 Å². The minimum atomic E-state index is -0.647. The number of nitrogens with one attached hydrogen (secondary N) is 1. The molecule has 4 nitrogen and oxygen atoms in total. The van der Waals surface area contributed by atoms with Gasteiger partial charge in [-0.2, -0.15) is 0 Å². The number of hydrogen-bond donors (Lipinski definition) is 1. The van der Waals surface area contributed by atoms with Gasteiger partial charge in [-0.05, 0) is 18.6 Å². The van der Waals surface area contributed by atoms with Gasteiger partial charge in [0.25, 0.3) is 0 Å². The van der Waals surface area contributed by atoms with Crippen molar-refractivity contribution in [2.45, 2.75) is 6.92 Å². The van der Waals surface area contributed by atoms with Crippen molar-refractivity contribution in [3.05, 3.63) is 29.3 Å². The highest BCUT2D eigenvalue weighted by Gasteiger charge is 2.25. The number of carbonyl (C=O) groups excluding carboxylic acids is 2. The predicted molar refractivity (Wildman–Crippen MR) is 56.5 cm³/mol. The summed E-state index contributed by atoms with van der Waals surface area (Å²) in [6.45, 7) is 1.12. The van der Waals surface area contributed by atoms with Crippen LogP contribution in [0.2, 0.25) is 0 Å². The van der Waals surface area contributed by atoms with Crippen LogP contribution in [0, 0.1) is 18.6 Å². The van der Waals surface area contributed by atoms with Gasteiger partial charge in [-0.15, -0.1) is 0 Å². The van der Waals surface area contributed by atoms with Gasteiger partial charge >= 0.3 is 0 Å². The third-order valence-corrected chi connectivity index (χ3v) is 2.52. The van der Waals surface area contributed by atoms with E-state index >= 15 is 0 Å². The molecule has 0 unspecified atom stereocenters. The van der Waals surface area contributed by atoms with Gasteiger partial charge in [-0.25, -0.2) is 8.78 Å².